The first-order chi connectivity index (χ1) is 9.76. The van der Waals surface area contributed by atoms with E-state index in [1.165, 1.54) is 5.56 Å². The summed E-state index contributed by atoms with van der Waals surface area (Å²) in [5.74, 6) is 1.74. The number of anilines is 1. The van der Waals surface area contributed by atoms with Gasteiger partial charge in [-0.1, -0.05) is 24.3 Å². The number of methoxy groups -OCH3 is 1. The Morgan fingerprint density at radius 2 is 2.00 bits per heavy atom. The normalized spacial score (nSPS) is 10.7. The number of H-pyrrole nitrogens is 1. The lowest BCUT2D eigenvalue weighted by molar-refractivity contribution is 0.414. The van der Waals surface area contributed by atoms with Crippen molar-refractivity contribution in [2.24, 2.45) is 0 Å². The van der Waals surface area contributed by atoms with Gasteiger partial charge in [-0.3, -0.25) is 0 Å². The van der Waals surface area contributed by atoms with E-state index in [1.807, 2.05) is 49.5 Å². The van der Waals surface area contributed by atoms with Gasteiger partial charge in [0.05, 0.1) is 18.1 Å². The van der Waals surface area contributed by atoms with Crippen LogP contribution in [0.1, 0.15) is 5.56 Å². The number of nitrogens with zero attached hydrogens (tertiary/aromatic N) is 2. The molecule has 0 saturated carbocycles. The average molecular weight is 267 g/mol. The minimum absolute atomic E-state index is 0.775. The van der Waals surface area contributed by atoms with Crippen molar-refractivity contribution in [2.75, 3.05) is 19.1 Å². The van der Waals surface area contributed by atoms with E-state index in [4.69, 9.17) is 4.74 Å². The van der Waals surface area contributed by atoms with E-state index in [-0.39, 0.29) is 0 Å². The van der Waals surface area contributed by atoms with E-state index < -0.39 is 0 Å². The minimum Gasteiger partial charge on any atom is -0.497 e. The number of fused-ring (bicyclic) bond motifs is 1. The number of para-hydroxylation sites is 2. The van der Waals surface area contributed by atoms with Gasteiger partial charge < -0.3 is 14.6 Å². The fourth-order valence-electron chi connectivity index (χ4n) is 2.24. The molecule has 3 rings (SSSR count). The molecule has 102 valence electrons. The predicted octanol–water partition coefficient (Wildman–Crippen LogP) is 3.21. The Kier molecular flexibility index (Phi) is 3.29. The van der Waals surface area contributed by atoms with Crippen LogP contribution < -0.4 is 9.64 Å². The zero-order valence-corrected chi connectivity index (χ0v) is 11.6. The summed E-state index contributed by atoms with van der Waals surface area (Å²) in [6.07, 6.45) is 0. The smallest absolute Gasteiger partial charge is 0.203 e. The van der Waals surface area contributed by atoms with Crippen LogP contribution in [0.2, 0.25) is 0 Å². The average Bonchev–Trinajstić information content (AvgIpc) is 2.91. The summed E-state index contributed by atoms with van der Waals surface area (Å²) in [6.45, 7) is 0.775. The maximum atomic E-state index is 5.25. The van der Waals surface area contributed by atoms with Crippen LogP contribution in [0, 0.1) is 0 Å². The van der Waals surface area contributed by atoms with Crippen molar-refractivity contribution in [2.45, 2.75) is 6.54 Å². The molecule has 4 heteroatoms. The van der Waals surface area contributed by atoms with Crippen LogP contribution in [0.4, 0.5) is 5.95 Å². The Hall–Kier alpha value is -2.49. The third-order valence-electron chi connectivity index (χ3n) is 3.29. The van der Waals surface area contributed by atoms with Gasteiger partial charge in [0.25, 0.3) is 0 Å². The van der Waals surface area contributed by atoms with Gasteiger partial charge in [0, 0.05) is 13.6 Å². The Morgan fingerprint density at radius 1 is 1.15 bits per heavy atom. The molecule has 0 bridgehead atoms. The molecule has 0 fully saturated rings. The van der Waals surface area contributed by atoms with E-state index in [0.717, 1.165) is 29.3 Å². The second kappa shape index (κ2) is 5.25. The molecule has 2 aromatic carbocycles. The molecule has 0 unspecified atom stereocenters. The Labute approximate surface area is 118 Å². The van der Waals surface area contributed by atoms with Crippen LogP contribution in [-0.4, -0.2) is 24.1 Å². The van der Waals surface area contributed by atoms with Gasteiger partial charge in [0.15, 0.2) is 0 Å². The molecule has 0 aliphatic rings. The lowest BCUT2D eigenvalue weighted by Gasteiger charge is -2.16. The van der Waals surface area contributed by atoms with Crippen LogP contribution in [0.25, 0.3) is 11.0 Å². The molecule has 0 atom stereocenters. The van der Waals surface area contributed by atoms with Gasteiger partial charge in [-0.05, 0) is 29.8 Å². The maximum absolute atomic E-state index is 5.25. The third kappa shape index (κ3) is 2.45. The predicted molar refractivity (Wildman–Crippen MR) is 81.2 cm³/mol. The highest BCUT2D eigenvalue weighted by molar-refractivity contribution is 5.77. The summed E-state index contributed by atoms with van der Waals surface area (Å²) in [7, 11) is 3.71. The maximum Gasteiger partial charge on any atom is 0.203 e. The zero-order valence-electron chi connectivity index (χ0n) is 11.6. The van der Waals surface area contributed by atoms with Crippen molar-refractivity contribution in [3.8, 4) is 5.75 Å². The molecule has 3 aromatic rings. The largest absolute Gasteiger partial charge is 0.497 e. The molecule has 0 spiro atoms. The number of rotatable bonds is 4. The van der Waals surface area contributed by atoms with Crippen LogP contribution in [-0.2, 0) is 6.54 Å². The number of nitrogens with one attached hydrogen (secondary N) is 1. The molecule has 1 heterocycles. The number of ether oxygens (including phenoxy) is 1. The van der Waals surface area contributed by atoms with Crippen molar-refractivity contribution in [3.05, 3.63) is 54.1 Å². The summed E-state index contributed by atoms with van der Waals surface area (Å²) < 4.78 is 5.25. The summed E-state index contributed by atoms with van der Waals surface area (Å²) in [4.78, 5) is 10.0. The summed E-state index contributed by atoms with van der Waals surface area (Å²) in [6, 6.07) is 16.1. The molecule has 0 amide bonds. The SMILES string of the molecule is COc1cccc(CN(C)c2nc3ccccc3[nH]2)c1. The van der Waals surface area contributed by atoms with Gasteiger partial charge in [0.1, 0.15) is 5.75 Å². The van der Waals surface area contributed by atoms with Gasteiger partial charge in [0.2, 0.25) is 5.95 Å². The number of benzene rings is 2. The van der Waals surface area contributed by atoms with E-state index in [9.17, 15) is 0 Å². The first-order valence-corrected chi connectivity index (χ1v) is 6.55. The van der Waals surface area contributed by atoms with E-state index in [0.29, 0.717) is 0 Å². The topological polar surface area (TPSA) is 41.1 Å². The quantitative estimate of drug-likeness (QED) is 0.789. The first kappa shape index (κ1) is 12.5. The molecule has 0 aliphatic heterocycles. The molecule has 1 N–H and O–H groups in total. The van der Waals surface area contributed by atoms with Crippen LogP contribution in [0.15, 0.2) is 48.5 Å². The monoisotopic (exact) mass is 267 g/mol. The molecule has 20 heavy (non-hydrogen) atoms. The fraction of sp³-hybridized carbons (Fsp3) is 0.188. The Bertz CT molecular complexity index is 687. The fourth-order valence-corrected chi connectivity index (χ4v) is 2.24. The Morgan fingerprint density at radius 3 is 2.80 bits per heavy atom. The molecule has 0 aliphatic carbocycles. The van der Waals surface area contributed by atoms with Crippen molar-refractivity contribution in [3.63, 3.8) is 0 Å². The lowest BCUT2D eigenvalue weighted by atomic mass is 10.2. The highest BCUT2D eigenvalue weighted by Crippen LogP contribution is 2.19. The second-order valence-electron chi connectivity index (χ2n) is 4.79. The van der Waals surface area contributed by atoms with Gasteiger partial charge in [-0.2, -0.15) is 0 Å². The summed E-state index contributed by atoms with van der Waals surface area (Å²) >= 11 is 0. The number of aromatic amines is 1. The molecule has 4 nitrogen and oxygen atoms in total. The number of aromatic nitrogens is 2. The highest BCUT2D eigenvalue weighted by Gasteiger charge is 2.08. The van der Waals surface area contributed by atoms with Gasteiger partial charge >= 0.3 is 0 Å². The Balaban J connectivity index is 1.82. The summed E-state index contributed by atoms with van der Waals surface area (Å²) in [5.41, 5.74) is 3.23. The van der Waals surface area contributed by atoms with E-state index in [2.05, 4.69) is 20.9 Å². The van der Waals surface area contributed by atoms with Gasteiger partial charge in [-0.15, -0.1) is 0 Å². The number of imidazole rings is 1. The van der Waals surface area contributed by atoms with Crippen molar-refractivity contribution in [1.82, 2.24) is 9.97 Å². The first-order valence-electron chi connectivity index (χ1n) is 6.55. The van der Waals surface area contributed by atoms with Crippen LogP contribution in [0.3, 0.4) is 0 Å². The number of hydrogen-bond acceptors (Lipinski definition) is 3. The van der Waals surface area contributed by atoms with Crippen molar-refractivity contribution >= 4 is 17.0 Å². The van der Waals surface area contributed by atoms with Gasteiger partial charge in [-0.25, -0.2) is 4.98 Å². The minimum atomic E-state index is 0.775. The van der Waals surface area contributed by atoms with Crippen molar-refractivity contribution < 1.29 is 4.74 Å². The molecular weight excluding hydrogens is 250 g/mol. The zero-order chi connectivity index (χ0) is 13.9. The number of hydrogen-bond donors (Lipinski definition) is 1. The lowest BCUT2D eigenvalue weighted by Crippen LogP contribution is -2.17. The van der Waals surface area contributed by atoms with Crippen molar-refractivity contribution in [1.29, 1.82) is 0 Å². The standard InChI is InChI=1S/C16H17N3O/c1-19(11-12-6-5-7-13(10-12)20-2)16-17-14-8-3-4-9-15(14)18-16/h3-10H,11H2,1-2H3,(H,17,18). The summed E-state index contributed by atoms with van der Waals surface area (Å²) in [5, 5.41) is 0. The van der Waals surface area contributed by atoms with E-state index >= 15 is 0 Å². The molecule has 1 aromatic heterocycles. The highest BCUT2D eigenvalue weighted by atomic mass is 16.5. The van der Waals surface area contributed by atoms with E-state index in [1.54, 1.807) is 7.11 Å². The molecule has 0 saturated heterocycles. The molecular formula is C16H17N3O. The third-order valence-corrected chi connectivity index (χ3v) is 3.29. The second-order valence-corrected chi connectivity index (χ2v) is 4.79. The van der Waals surface area contributed by atoms with Crippen LogP contribution in [0.5, 0.6) is 5.75 Å². The molecule has 0 radical (unpaired) electrons. The van der Waals surface area contributed by atoms with Crippen LogP contribution >= 0.6 is 0 Å².